The van der Waals surface area contributed by atoms with Gasteiger partial charge in [0.25, 0.3) is 0 Å². The van der Waals surface area contributed by atoms with Crippen LogP contribution in [0.2, 0.25) is 0 Å². The molecule has 0 heterocycles. The zero-order chi connectivity index (χ0) is 14.0. The van der Waals surface area contributed by atoms with Crippen molar-refractivity contribution in [3.63, 3.8) is 0 Å². The summed E-state index contributed by atoms with van der Waals surface area (Å²) in [5.41, 5.74) is 0. The van der Waals surface area contributed by atoms with E-state index in [4.69, 9.17) is 4.74 Å². The predicted octanol–water partition coefficient (Wildman–Crippen LogP) is 3.48. The summed E-state index contributed by atoms with van der Waals surface area (Å²) in [4.78, 5) is 13.7. The Morgan fingerprint density at radius 3 is 2.28 bits per heavy atom. The summed E-state index contributed by atoms with van der Waals surface area (Å²) in [6.45, 7) is 13.7. The van der Waals surface area contributed by atoms with Crippen LogP contribution in [0.3, 0.4) is 0 Å². The number of hydrogen-bond acceptors (Lipinski definition) is 3. The molecule has 0 aromatic rings. The molecule has 0 unspecified atom stereocenters. The van der Waals surface area contributed by atoms with Gasteiger partial charge in [0.2, 0.25) is 0 Å². The molecule has 0 amide bonds. The first-order valence-electron chi connectivity index (χ1n) is 7.37. The van der Waals surface area contributed by atoms with Crippen molar-refractivity contribution < 1.29 is 9.53 Å². The molecule has 3 heteroatoms. The number of nitrogens with zero attached hydrogens (tertiary/aromatic N) is 1. The number of carbonyl (C=O) groups excluding carboxylic acids is 1. The zero-order valence-electron chi connectivity index (χ0n) is 12.9. The van der Waals surface area contributed by atoms with Gasteiger partial charge in [0.1, 0.15) is 0 Å². The van der Waals surface area contributed by atoms with E-state index in [-0.39, 0.29) is 5.97 Å². The molecule has 0 N–H and O–H groups in total. The summed E-state index contributed by atoms with van der Waals surface area (Å²) in [6, 6.07) is 0.609. The van der Waals surface area contributed by atoms with Gasteiger partial charge in [-0.25, -0.2) is 0 Å². The smallest absolute Gasteiger partial charge is 0.305 e. The summed E-state index contributed by atoms with van der Waals surface area (Å²) >= 11 is 0. The molecule has 0 fully saturated rings. The van der Waals surface area contributed by atoms with E-state index in [9.17, 15) is 4.79 Å². The van der Waals surface area contributed by atoms with Crippen LogP contribution in [0.25, 0.3) is 0 Å². The van der Waals surface area contributed by atoms with E-state index in [0.29, 0.717) is 25.0 Å². The van der Waals surface area contributed by atoms with Crippen molar-refractivity contribution in [1.29, 1.82) is 0 Å². The number of hydrogen-bond donors (Lipinski definition) is 0. The van der Waals surface area contributed by atoms with Crippen LogP contribution in [0.1, 0.15) is 60.3 Å². The topological polar surface area (TPSA) is 29.5 Å². The SMILES string of the molecule is CCOC(=O)CCCCCN(CC(C)C)C(C)C. The summed E-state index contributed by atoms with van der Waals surface area (Å²) < 4.78 is 4.91. The first kappa shape index (κ1) is 17.4. The van der Waals surface area contributed by atoms with Crippen molar-refractivity contribution in [1.82, 2.24) is 4.90 Å². The third kappa shape index (κ3) is 9.46. The third-order valence-electron chi connectivity index (χ3n) is 2.96. The lowest BCUT2D eigenvalue weighted by Gasteiger charge is -2.28. The molecule has 0 saturated heterocycles. The molecule has 18 heavy (non-hydrogen) atoms. The highest BCUT2D eigenvalue weighted by molar-refractivity contribution is 5.69. The van der Waals surface area contributed by atoms with Gasteiger partial charge in [-0.3, -0.25) is 4.79 Å². The standard InChI is InChI=1S/C15H31NO2/c1-6-18-15(17)10-8-7-9-11-16(14(4)5)12-13(2)3/h13-14H,6-12H2,1-5H3. The zero-order valence-corrected chi connectivity index (χ0v) is 12.9. The minimum absolute atomic E-state index is 0.0552. The lowest BCUT2D eigenvalue weighted by molar-refractivity contribution is -0.143. The van der Waals surface area contributed by atoms with Crippen LogP contribution < -0.4 is 0 Å². The van der Waals surface area contributed by atoms with E-state index in [0.717, 1.165) is 25.9 Å². The molecule has 0 aliphatic rings. The van der Waals surface area contributed by atoms with Gasteiger partial charge in [0.05, 0.1) is 6.61 Å². The Hall–Kier alpha value is -0.570. The van der Waals surface area contributed by atoms with Crippen molar-refractivity contribution in [2.75, 3.05) is 19.7 Å². The van der Waals surface area contributed by atoms with E-state index in [2.05, 4.69) is 32.6 Å². The van der Waals surface area contributed by atoms with Crippen molar-refractivity contribution in [3.05, 3.63) is 0 Å². The van der Waals surface area contributed by atoms with Crippen LogP contribution in [0.5, 0.6) is 0 Å². The van der Waals surface area contributed by atoms with E-state index in [1.54, 1.807) is 0 Å². The van der Waals surface area contributed by atoms with Gasteiger partial charge in [-0.2, -0.15) is 0 Å². The van der Waals surface area contributed by atoms with Crippen LogP contribution in [0.15, 0.2) is 0 Å². The number of carbonyl (C=O) groups is 1. The molecule has 0 spiro atoms. The fourth-order valence-electron chi connectivity index (χ4n) is 2.02. The molecule has 0 aromatic carbocycles. The molecule has 0 aliphatic carbocycles. The number of rotatable bonds is 10. The summed E-state index contributed by atoms with van der Waals surface area (Å²) in [7, 11) is 0. The largest absolute Gasteiger partial charge is 0.466 e. The second-order valence-corrected chi connectivity index (χ2v) is 5.60. The molecule has 0 saturated carbocycles. The van der Waals surface area contributed by atoms with E-state index >= 15 is 0 Å². The predicted molar refractivity (Wildman–Crippen MR) is 76.6 cm³/mol. The highest BCUT2D eigenvalue weighted by Gasteiger charge is 2.10. The molecule has 0 aromatic heterocycles. The van der Waals surface area contributed by atoms with Crippen molar-refractivity contribution in [3.8, 4) is 0 Å². The Labute approximate surface area is 113 Å². The fraction of sp³-hybridized carbons (Fsp3) is 0.933. The number of unbranched alkanes of at least 4 members (excludes halogenated alkanes) is 2. The maximum Gasteiger partial charge on any atom is 0.305 e. The number of esters is 1. The maximum absolute atomic E-state index is 11.2. The first-order chi connectivity index (χ1) is 8.47. The van der Waals surface area contributed by atoms with Crippen molar-refractivity contribution in [2.24, 2.45) is 5.92 Å². The lowest BCUT2D eigenvalue weighted by Crippen LogP contribution is -2.34. The Kier molecular flexibility index (Phi) is 10.0. The first-order valence-corrected chi connectivity index (χ1v) is 7.37. The Balaban J connectivity index is 3.64. The average Bonchev–Trinajstić information content (AvgIpc) is 2.26. The Bertz CT molecular complexity index is 215. The molecule has 0 aliphatic heterocycles. The van der Waals surface area contributed by atoms with E-state index in [1.165, 1.54) is 6.42 Å². The molecular formula is C15H31NO2. The minimum atomic E-state index is -0.0552. The second-order valence-electron chi connectivity index (χ2n) is 5.60. The van der Waals surface area contributed by atoms with Crippen molar-refractivity contribution in [2.45, 2.75) is 66.3 Å². The molecule has 0 rings (SSSR count). The lowest BCUT2D eigenvalue weighted by atomic mass is 10.1. The summed E-state index contributed by atoms with van der Waals surface area (Å²) in [5, 5.41) is 0. The molecule has 3 nitrogen and oxygen atoms in total. The molecular weight excluding hydrogens is 226 g/mol. The van der Waals surface area contributed by atoms with Crippen molar-refractivity contribution >= 4 is 5.97 Å². The monoisotopic (exact) mass is 257 g/mol. The van der Waals surface area contributed by atoms with Gasteiger partial charge in [-0.15, -0.1) is 0 Å². The van der Waals surface area contributed by atoms with Crippen LogP contribution in [-0.2, 0) is 9.53 Å². The van der Waals surface area contributed by atoms with Gasteiger partial charge in [-0.05, 0) is 46.1 Å². The summed E-state index contributed by atoms with van der Waals surface area (Å²) in [6.07, 6.45) is 3.80. The van der Waals surface area contributed by atoms with Gasteiger partial charge in [0, 0.05) is 19.0 Å². The molecule has 0 bridgehead atoms. The van der Waals surface area contributed by atoms with Crippen LogP contribution in [0.4, 0.5) is 0 Å². The maximum atomic E-state index is 11.2. The van der Waals surface area contributed by atoms with Gasteiger partial charge in [0.15, 0.2) is 0 Å². The number of ether oxygens (including phenoxy) is 1. The van der Waals surface area contributed by atoms with E-state index in [1.807, 2.05) is 6.92 Å². The Morgan fingerprint density at radius 1 is 1.11 bits per heavy atom. The average molecular weight is 257 g/mol. The van der Waals surface area contributed by atoms with E-state index < -0.39 is 0 Å². The Morgan fingerprint density at radius 2 is 1.78 bits per heavy atom. The van der Waals surface area contributed by atoms with Gasteiger partial charge >= 0.3 is 5.97 Å². The second kappa shape index (κ2) is 10.4. The van der Waals surface area contributed by atoms with Gasteiger partial charge < -0.3 is 9.64 Å². The molecule has 0 radical (unpaired) electrons. The molecule has 108 valence electrons. The molecule has 0 atom stereocenters. The normalized spacial score (nSPS) is 11.6. The van der Waals surface area contributed by atoms with Crippen LogP contribution in [0, 0.1) is 5.92 Å². The highest BCUT2D eigenvalue weighted by atomic mass is 16.5. The quantitative estimate of drug-likeness (QED) is 0.443. The third-order valence-corrected chi connectivity index (χ3v) is 2.96. The minimum Gasteiger partial charge on any atom is -0.466 e. The fourth-order valence-corrected chi connectivity index (χ4v) is 2.02. The van der Waals surface area contributed by atoms with Crippen LogP contribution >= 0.6 is 0 Å². The highest BCUT2D eigenvalue weighted by Crippen LogP contribution is 2.08. The van der Waals surface area contributed by atoms with Gasteiger partial charge in [-0.1, -0.05) is 20.3 Å². The summed E-state index contributed by atoms with van der Waals surface area (Å²) in [5.74, 6) is 0.660. The van der Waals surface area contributed by atoms with Crippen LogP contribution in [-0.4, -0.2) is 36.6 Å².